The lowest BCUT2D eigenvalue weighted by Crippen LogP contribution is -2.47. The number of rotatable bonds is 4. The summed E-state index contributed by atoms with van der Waals surface area (Å²) in [4.78, 5) is 33.5. The molecule has 1 aliphatic heterocycles. The number of fused-ring (bicyclic) bond motifs is 1. The van der Waals surface area contributed by atoms with Crippen LogP contribution in [0, 0.1) is 0 Å². The lowest BCUT2D eigenvalue weighted by molar-refractivity contribution is 0.0714. The van der Waals surface area contributed by atoms with Crippen molar-refractivity contribution in [1.82, 2.24) is 15.2 Å². The van der Waals surface area contributed by atoms with Gasteiger partial charge >= 0.3 is 6.03 Å². The summed E-state index contributed by atoms with van der Waals surface area (Å²) in [5.74, 6) is 0.0505. The van der Waals surface area contributed by atoms with E-state index in [1.807, 2.05) is 65.6 Å². The van der Waals surface area contributed by atoms with E-state index in [0.29, 0.717) is 13.1 Å². The molecule has 2 aromatic carbocycles. The SMILES string of the molecule is O=C(Nc1ccccc1)NC1CCN(C(=O)c2ccc(-c3nc4ccccc4s3)s2)CC1. The van der Waals surface area contributed by atoms with Crippen LogP contribution in [-0.4, -0.2) is 41.0 Å². The van der Waals surface area contributed by atoms with Crippen LogP contribution in [0.1, 0.15) is 22.5 Å². The number of carbonyl (C=O) groups is 2. The number of nitrogens with zero attached hydrogens (tertiary/aromatic N) is 2. The number of nitrogens with one attached hydrogen (secondary N) is 2. The fourth-order valence-corrected chi connectivity index (χ4v) is 5.80. The molecule has 3 heterocycles. The van der Waals surface area contributed by atoms with Crippen molar-refractivity contribution in [2.75, 3.05) is 18.4 Å². The number of thiophene rings is 1. The first kappa shape index (κ1) is 20.7. The quantitative estimate of drug-likeness (QED) is 0.423. The van der Waals surface area contributed by atoms with Gasteiger partial charge in [0.15, 0.2) is 0 Å². The predicted molar refractivity (Wildman–Crippen MR) is 130 cm³/mol. The van der Waals surface area contributed by atoms with Gasteiger partial charge in [0.05, 0.1) is 20.0 Å². The summed E-state index contributed by atoms with van der Waals surface area (Å²) < 4.78 is 1.15. The number of hydrogen-bond donors (Lipinski definition) is 2. The number of benzene rings is 2. The van der Waals surface area contributed by atoms with Crippen molar-refractivity contribution in [3.63, 3.8) is 0 Å². The normalized spacial score (nSPS) is 14.4. The van der Waals surface area contributed by atoms with Crippen molar-refractivity contribution >= 4 is 50.5 Å². The predicted octanol–water partition coefficient (Wildman–Crippen LogP) is 5.45. The lowest BCUT2D eigenvalue weighted by atomic mass is 10.1. The van der Waals surface area contributed by atoms with Crippen LogP contribution in [0.3, 0.4) is 0 Å². The van der Waals surface area contributed by atoms with E-state index in [1.165, 1.54) is 11.3 Å². The topological polar surface area (TPSA) is 74.3 Å². The maximum Gasteiger partial charge on any atom is 0.319 e. The number of thiazole rings is 1. The van der Waals surface area contributed by atoms with Gasteiger partial charge < -0.3 is 15.5 Å². The Balaban J connectivity index is 1.16. The zero-order valence-electron chi connectivity index (χ0n) is 17.3. The number of urea groups is 1. The Hall–Kier alpha value is -3.23. The van der Waals surface area contributed by atoms with Gasteiger partial charge in [-0.25, -0.2) is 9.78 Å². The molecule has 0 spiro atoms. The van der Waals surface area contributed by atoms with Crippen molar-refractivity contribution in [3.8, 4) is 9.88 Å². The molecule has 6 nitrogen and oxygen atoms in total. The number of hydrogen-bond acceptors (Lipinski definition) is 5. The number of carbonyl (C=O) groups excluding carboxylic acids is 2. The van der Waals surface area contributed by atoms with Crippen LogP contribution in [0.25, 0.3) is 20.1 Å². The van der Waals surface area contributed by atoms with Crippen molar-refractivity contribution in [2.24, 2.45) is 0 Å². The van der Waals surface area contributed by atoms with Gasteiger partial charge in [0, 0.05) is 24.8 Å². The molecule has 0 bridgehead atoms. The Bertz CT molecular complexity index is 1210. The van der Waals surface area contributed by atoms with Gasteiger partial charge in [-0.15, -0.1) is 22.7 Å². The van der Waals surface area contributed by atoms with Crippen molar-refractivity contribution in [1.29, 1.82) is 0 Å². The number of amides is 3. The van der Waals surface area contributed by atoms with Crippen molar-refractivity contribution in [3.05, 3.63) is 71.6 Å². The Morgan fingerprint density at radius 1 is 0.906 bits per heavy atom. The Morgan fingerprint density at radius 2 is 1.66 bits per heavy atom. The molecule has 4 aromatic rings. The van der Waals surface area contributed by atoms with Gasteiger partial charge in [-0.1, -0.05) is 30.3 Å². The molecule has 1 fully saturated rings. The standard InChI is InChI=1S/C24H22N4O2S2/c29-23(21-11-10-20(31-21)22-27-18-8-4-5-9-19(18)32-22)28-14-12-17(13-15-28)26-24(30)25-16-6-2-1-3-7-16/h1-11,17H,12-15H2,(H2,25,26,30). The molecular formula is C24H22N4O2S2. The molecule has 8 heteroatoms. The molecule has 32 heavy (non-hydrogen) atoms. The Morgan fingerprint density at radius 3 is 2.44 bits per heavy atom. The van der Waals surface area contributed by atoms with E-state index >= 15 is 0 Å². The molecule has 0 radical (unpaired) electrons. The van der Waals surface area contributed by atoms with E-state index < -0.39 is 0 Å². The molecule has 0 atom stereocenters. The molecule has 0 saturated carbocycles. The van der Waals surface area contributed by atoms with Crippen LogP contribution in [0.15, 0.2) is 66.7 Å². The highest BCUT2D eigenvalue weighted by Gasteiger charge is 2.26. The molecular weight excluding hydrogens is 440 g/mol. The van der Waals surface area contributed by atoms with Crippen LogP contribution < -0.4 is 10.6 Å². The number of para-hydroxylation sites is 2. The molecule has 1 saturated heterocycles. The number of likely N-dealkylation sites (tertiary alicyclic amines) is 1. The van der Waals surface area contributed by atoms with Gasteiger partial charge in [-0.2, -0.15) is 0 Å². The maximum atomic E-state index is 13.0. The minimum absolute atomic E-state index is 0.0505. The summed E-state index contributed by atoms with van der Waals surface area (Å²) in [6.07, 6.45) is 1.48. The fourth-order valence-electron chi connectivity index (χ4n) is 3.80. The third-order valence-electron chi connectivity index (χ3n) is 5.47. The van der Waals surface area contributed by atoms with Crippen LogP contribution in [-0.2, 0) is 0 Å². The Kier molecular flexibility index (Phi) is 5.87. The van der Waals surface area contributed by atoms with E-state index in [-0.39, 0.29) is 18.0 Å². The van der Waals surface area contributed by atoms with Gasteiger partial charge in [0.1, 0.15) is 5.01 Å². The van der Waals surface area contributed by atoms with E-state index in [0.717, 1.165) is 43.5 Å². The number of anilines is 1. The molecule has 5 rings (SSSR count). The second kappa shape index (κ2) is 9.10. The molecule has 0 unspecified atom stereocenters. The van der Waals surface area contributed by atoms with Gasteiger partial charge in [0.25, 0.3) is 5.91 Å². The highest BCUT2D eigenvalue weighted by Crippen LogP contribution is 2.35. The first-order valence-corrected chi connectivity index (χ1v) is 12.2. The molecule has 2 N–H and O–H groups in total. The zero-order valence-corrected chi connectivity index (χ0v) is 18.9. The molecule has 3 amide bonds. The van der Waals surface area contributed by atoms with E-state index in [4.69, 9.17) is 4.98 Å². The summed E-state index contributed by atoms with van der Waals surface area (Å²) in [5.41, 5.74) is 1.75. The van der Waals surface area contributed by atoms with Crippen molar-refractivity contribution < 1.29 is 9.59 Å². The largest absolute Gasteiger partial charge is 0.338 e. The van der Waals surface area contributed by atoms with Crippen LogP contribution in [0.5, 0.6) is 0 Å². The number of piperidine rings is 1. The summed E-state index contributed by atoms with van der Waals surface area (Å²) in [5, 5.41) is 6.80. The third kappa shape index (κ3) is 4.51. The molecule has 0 aliphatic carbocycles. The minimum atomic E-state index is -0.209. The van der Waals surface area contributed by atoms with E-state index in [9.17, 15) is 9.59 Å². The smallest absolute Gasteiger partial charge is 0.319 e. The third-order valence-corrected chi connectivity index (χ3v) is 7.75. The molecule has 162 valence electrons. The average molecular weight is 463 g/mol. The number of aromatic nitrogens is 1. The van der Waals surface area contributed by atoms with Gasteiger partial charge in [0.2, 0.25) is 0 Å². The second-order valence-electron chi connectivity index (χ2n) is 7.68. The molecule has 2 aromatic heterocycles. The van der Waals surface area contributed by atoms with Gasteiger partial charge in [-0.05, 0) is 49.2 Å². The summed E-state index contributed by atoms with van der Waals surface area (Å²) in [6, 6.07) is 21.2. The summed E-state index contributed by atoms with van der Waals surface area (Å²) >= 11 is 3.14. The van der Waals surface area contributed by atoms with Crippen LogP contribution >= 0.6 is 22.7 Å². The van der Waals surface area contributed by atoms with Crippen LogP contribution in [0.4, 0.5) is 10.5 Å². The zero-order chi connectivity index (χ0) is 21.9. The van der Waals surface area contributed by atoms with E-state index in [2.05, 4.69) is 16.7 Å². The highest BCUT2D eigenvalue weighted by atomic mass is 32.1. The first-order chi connectivity index (χ1) is 15.7. The van der Waals surface area contributed by atoms with Crippen molar-refractivity contribution in [2.45, 2.75) is 18.9 Å². The average Bonchev–Trinajstić information content (AvgIpc) is 3.47. The highest BCUT2D eigenvalue weighted by molar-refractivity contribution is 7.26. The second-order valence-corrected chi connectivity index (χ2v) is 9.80. The Labute approximate surface area is 193 Å². The molecule has 1 aliphatic rings. The maximum absolute atomic E-state index is 13.0. The lowest BCUT2D eigenvalue weighted by Gasteiger charge is -2.32. The summed E-state index contributed by atoms with van der Waals surface area (Å²) in [6.45, 7) is 1.26. The minimum Gasteiger partial charge on any atom is -0.338 e. The fraction of sp³-hybridized carbons (Fsp3) is 0.208. The summed E-state index contributed by atoms with van der Waals surface area (Å²) in [7, 11) is 0. The van der Waals surface area contributed by atoms with E-state index in [1.54, 1.807) is 11.3 Å². The monoisotopic (exact) mass is 462 g/mol. The van der Waals surface area contributed by atoms with Gasteiger partial charge in [-0.3, -0.25) is 4.79 Å². The first-order valence-electron chi connectivity index (χ1n) is 10.5. The van der Waals surface area contributed by atoms with Crippen LogP contribution in [0.2, 0.25) is 0 Å².